The first-order chi connectivity index (χ1) is 7.18. The molecule has 3 nitrogen and oxygen atoms in total. The van der Waals surface area contributed by atoms with Crippen LogP contribution in [0.25, 0.3) is 0 Å². The lowest BCUT2D eigenvalue weighted by molar-refractivity contribution is -0.127. The molecule has 15 heavy (non-hydrogen) atoms. The number of aromatic nitrogens is 1. The van der Waals surface area contributed by atoms with Crippen molar-refractivity contribution in [2.75, 3.05) is 7.05 Å². The molecule has 0 radical (unpaired) electrons. The van der Waals surface area contributed by atoms with Crippen molar-refractivity contribution in [1.29, 1.82) is 0 Å². The molecule has 1 aromatic rings. The topological polar surface area (TPSA) is 33.2 Å². The highest BCUT2D eigenvalue weighted by Gasteiger charge is 2.34. The number of amides is 1. The lowest BCUT2D eigenvalue weighted by Crippen LogP contribution is -2.32. The number of rotatable bonds is 2. The molecule has 0 bridgehead atoms. The lowest BCUT2D eigenvalue weighted by Gasteiger charge is -2.22. The Kier molecular flexibility index (Phi) is 2.71. The quantitative estimate of drug-likeness (QED) is 0.731. The van der Waals surface area contributed by atoms with Crippen molar-refractivity contribution in [2.45, 2.75) is 25.8 Å². The molecule has 0 aromatic carbocycles. The smallest absolute Gasteiger partial charge is 0.222 e. The highest BCUT2D eigenvalue weighted by Crippen LogP contribution is 2.26. The second-order valence-electron chi connectivity index (χ2n) is 4.32. The highest BCUT2D eigenvalue weighted by molar-refractivity contribution is 5.79. The van der Waals surface area contributed by atoms with E-state index in [0.29, 0.717) is 18.4 Å². The molecule has 1 amide bonds. The van der Waals surface area contributed by atoms with E-state index in [0.717, 1.165) is 6.42 Å². The van der Waals surface area contributed by atoms with E-state index >= 15 is 0 Å². The minimum Gasteiger partial charge on any atom is -0.342 e. The van der Waals surface area contributed by atoms with Crippen LogP contribution in [-0.2, 0) is 11.2 Å². The zero-order valence-electron chi connectivity index (χ0n) is 9.18. The molecule has 2 unspecified atom stereocenters. The summed E-state index contributed by atoms with van der Waals surface area (Å²) in [7, 11) is 1.90. The Morgan fingerprint density at radius 1 is 1.60 bits per heavy atom. The maximum atomic E-state index is 11.5. The molecule has 2 heterocycles. The van der Waals surface area contributed by atoms with Crippen molar-refractivity contribution in [1.82, 2.24) is 9.88 Å². The van der Waals surface area contributed by atoms with Crippen LogP contribution < -0.4 is 0 Å². The highest BCUT2D eigenvalue weighted by atomic mass is 16.2. The summed E-state index contributed by atoms with van der Waals surface area (Å²) in [6.07, 6.45) is 5.25. The fourth-order valence-corrected chi connectivity index (χ4v) is 2.22. The molecular weight excluding hydrogens is 188 g/mol. The average molecular weight is 204 g/mol. The van der Waals surface area contributed by atoms with Crippen LogP contribution >= 0.6 is 0 Å². The molecule has 2 rings (SSSR count). The lowest BCUT2D eigenvalue weighted by atomic mass is 9.97. The second kappa shape index (κ2) is 4.01. The number of likely N-dealkylation sites (tertiary alicyclic amines) is 1. The standard InChI is InChI=1S/C12H16N2O/c1-9-6-12(15)14(2)11(9)7-10-4-3-5-13-8-10/h3-5,8-9,11H,6-7H2,1-2H3. The predicted octanol–water partition coefficient (Wildman–Crippen LogP) is 1.49. The second-order valence-corrected chi connectivity index (χ2v) is 4.32. The molecule has 1 aliphatic heterocycles. The van der Waals surface area contributed by atoms with Crippen LogP contribution in [0.2, 0.25) is 0 Å². The maximum absolute atomic E-state index is 11.5. The molecule has 2 atom stereocenters. The maximum Gasteiger partial charge on any atom is 0.222 e. The number of pyridine rings is 1. The Morgan fingerprint density at radius 2 is 2.40 bits per heavy atom. The van der Waals surface area contributed by atoms with E-state index in [2.05, 4.69) is 18.0 Å². The van der Waals surface area contributed by atoms with Gasteiger partial charge in [0.15, 0.2) is 0 Å². The number of hydrogen-bond acceptors (Lipinski definition) is 2. The zero-order chi connectivity index (χ0) is 10.8. The molecule has 0 spiro atoms. The summed E-state index contributed by atoms with van der Waals surface area (Å²) in [5, 5.41) is 0. The average Bonchev–Trinajstić information content (AvgIpc) is 2.47. The van der Waals surface area contributed by atoms with Gasteiger partial charge >= 0.3 is 0 Å². The Labute approximate surface area is 90.1 Å². The molecule has 1 fully saturated rings. The van der Waals surface area contributed by atoms with Crippen LogP contribution in [0.3, 0.4) is 0 Å². The van der Waals surface area contributed by atoms with Gasteiger partial charge in [-0.2, -0.15) is 0 Å². The monoisotopic (exact) mass is 204 g/mol. The van der Waals surface area contributed by atoms with E-state index in [9.17, 15) is 4.79 Å². The van der Waals surface area contributed by atoms with Gasteiger partial charge in [0.05, 0.1) is 0 Å². The van der Waals surface area contributed by atoms with Gasteiger partial charge in [0, 0.05) is 31.9 Å². The first-order valence-corrected chi connectivity index (χ1v) is 5.33. The van der Waals surface area contributed by atoms with Gasteiger partial charge in [0.25, 0.3) is 0 Å². The van der Waals surface area contributed by atoms with Crippen molar-refractivity contribution in [2.24, 2.45) is 5.92 Å². The van der Waals surface area contributed by atoms with Crippen molar-refractivity contribution < 1.29 is 4.79 Å². The van der Waals surface area contributed by atoms with Crippen molar-refractivity contribution in [3.05, 3.63) is 30.1 Å². The van der Waals surface area contributed by atoms with Gasteiger partial charge in [0.2, 0.25) is 5.91 Å². The van der Waals surface area contributed by atoms with Crippen molar-refractivity contribution >= 4 is 5.91 Å². The van der Waals surface area contributed by atoms with E-state index in [-0.39, 0.29) is 5.91 Å². The molecule has 3 heteroatoms. The number of nitrogens with zero attached hydrogens (tertiary/aromatic N) is 2. The summed E-state index contributed by atoms with van der Waals surface area (Å²) in [5.74, 6) is 0.707. The zero-order valence-corrected chi connectivity index (χ0v) is 9.18. The van der Waals surface area contributed by atoms with Gasteiger partial charge in [-0.15, -0.1) is 0 Å². The summed E-state index contributed by atoms with van der Waals surface area (Å²) >= 11 is 0. The first kappa shape index (κ1) is 10.1. The van der Waals surface area contributed by atoms with E-state index in [1.165, 1.54) is 5.56 Å². The Balaban J connectivity index is 2.09. The summed E-state index contributed by atoms with van der Waals surface area (Å²) in [5.41, 5.74) is 1.20. The Morgan fingerprint density at radius 3 is 2.93 bits per heavy atom. The summed E-state index contributed by atoms with van der Waals surface area (Å²) in [6.45, 7) is 2.14. The molecule has 0 saturated carbocycles. The van der Waals surface area contributed by atoms with Crippen LogP contribution in [0.4, 0.5) is 0 Å². The van der Waals surface area contributed by atoms with Gasteiger partial charge < -0.3 is 4.90 Å². The van der Waals surface area contributed by atoms with Crippen LogP contribution in [0, 0.1) is 5.92 Å². The number of carbonyl (C=O) groups excluding carboxylic acids is 1. The molecule has 1 aromatic heterocycles. The van der Waals surface area contributed by atoms with Crippen molar-refractivity contribution in [3.63, 3.8) is 0 Å². The van der Waals surface area contributed by atoms with E-state index < -0.39 is 0 Å². The minimum absolute atomic E-state index is 0.261. The van der Waals surface area contributed by atoms with Gasteiger partial charge in [-0.3, -0.25) is 9.78 Å². The predicted molar refractivity (Wildman–Crippen MR) is 58.3 cm³/mol. The number of carbonyl (C=O) groups is 1. The Hall–Kier alpha value is -1.38. The van der Waals surface area contributed by atoms with Gasteiger partial charge in [0.1, 0.15) is 0 Å². The first-order valence-electron chi connectivity index (χ1n) is 5.33. The van der Waals surface area contributed by atoms with E-state index in [1.54, 1.807) is 6.20 Å². The van der Waals surface area contributed by atoms with Crippen molar-refractivity contribution in [3.8, 4) is 0 Å². The molecule has 0 aliphatic carbocycles. The third-order valence-electron chi connectivity index (χ3n) is 3.21. The fourth-order valence-electron chi connectivity index (χ4n) is 2.22. The Bertz CT molecular complexity index is 350. The van der Waals surface area contributed by atoms with Gasteiger partial charge in [-0.1, -0.05) is 13.0 Å². The third-order valence-corrected chi connectivity index (χ3v) is 3.21. The molecule has 80 valence electrons. The summed E-state index contributed by atoms with van der Waals surface area (Å²) in [4.78, 5) is 17.5. The van der Waals surface area contributed by atoms with Crippen LogP contribution in [0.1, 0.15) is 18.9 Å². The molecular formula is C12H16N2O. The van der Waals surface area contributed by atoms with Gasteiger partial charge in [-0.05, 0) is 24.0 Å². The van der Waals surface area contributed by atoms with Gasteiger partial charge in [-0.25, -0.2) is 0 Å². The SMILES string of the molecule is CC1CC(=O)N(C)C1Cc1cccnc1. The molecule has 1 saturated heterocycles. The molecule has 1 aliphatic rings. The summed E-state index contributed by atoms with van der Waals surface area (Å²) < 4.78 is 0. The normalized spacial score (nSPS) is 26.0. The summed E-state index contributed by atoms with van der Waals surface area (Å²) in [6, 6.07) is 4.34. The van der Waals surface area contributed by atoms with Crippen LogP contribution in [-0.4, -0.2) is 28.9 Å². The minimum atomic E-state index is 0.261. The largest absolute Gasteiger partial charge is 0.342 e. The molecule has 0 N–H and O–H groups in total. The number of likely N-dealkylation sites (N-methyl/N-ethyl adjacent to an activating group) is 1. The van der Waals surface area contributed by atoms with Crippen LogP contribution in [0.5, 0.6) is 0 Å². The third kappa shape index (κ3) is 2.01. The van der Waals surface area contributed by atoms with E-state index in [4.69, 9.17) is 0 Å². The van der Waals surface area contributed by atoms with Crippen LogP contribution in [0.15, 0.2) is 24.5 Å². The number of hydrogen-bond donors (Lipinski definition) is 0. The van der Waals surface area contributed by atoms with E-state index in [1.807, 2.05) is 24.2 Å². The fraction of sp³-hybridized carbons (Fsp3) is 0.500.